The second-order valence-corrected chi connectivity index (χ2v) is 7.90. The van der Waals surface area contributed by atoms with E-state index in [0.717, 1.165) is 12.3 Å². The summed E-state index contributed by atoms with van der Waals surface area (Å²) in [6.45, 7) is 5.77. The molecule has 1 heterocycles. The van der Waals surface area contributed by atoms with E-state index in [9.17, 15) is 0 Å². The number of para-hydroxylation sites is 1. The number of benzene rings is 4. The summed E-state index contributed by atoms with van der Waals surface area (Å²) in [4.78, 5) is 0. The monoisotopic (exact) mass is 391 g/mol. The van der Waals surface area contributed by atoms with Crippen LogP contribution in [-0.2, 0) is 13.2 Å². The number of ether oxygens (including phenoxy) is 1. The minimum absolute atomic E-state index is 0.561. The molecule has 0 aliphatic rings. The summed E-state index contributed by atoms with van der Waals surface area (Å²) in [5.41, 5.74) is 7.46. The van der Waals surface area contributed by atoms with Gasteiger partial charge in [0.15, 0.2) is 0 Å². The van der Waals surface area contributed by atoms with Gasteiger partial charge in [-0.15, -0.1) is 0 Å². The molecule has 148 valence electrons. The van der Waals surface area contributed by atoms with Crippen LogP contribution in [0.2, 0.25) is 0 Å². The van der Waals surface area contributed by atoms with E-state index in [1.165, 1.54) is 44.1 Å². The summed E-state index contributed by atoms with van der Waals surface area (Å²) in [5.74, 6) is 0.948. The molecule has 5 aromatic rings. The van der Waals surface area contributed by atoms with Crippen molar-refractivity contribution in [2.24, 2.45) is 0 Å². The summed E-state index contributed by atoms with van der Waals surface area (Å²) in [7, 11) is 0. The van der Waals surface area contributed by atoms with Gasteiger partial charge in [0.25, 0.3) is 0 Å². The van der Waals surface area contributed by atoms with Crippen molar-refractivity contribution in [1.29, 1.82) is 0 Å². The van der Waals surface area contributed by atoms with Crippen LogP contribution in [0.1, 0.15) is 22.3 Å². The van der Waals surface area contributed by atoms with Gasteiger partial charge in [-0.1, -0.05) is 78.9 Å². The number of hydrogen-bond donors (Lipinski definition) is 0. The van der Waals surface area contributed by atoms with Crippen LogP contribution in [0.15, 0.2) is 91.0 Å². The highest BCUT2D eigenvalue weighted by Gasteiger charge is 2.18. The van der Waals surface area contributed by atoms with Crippen LogP contribution in [0.25, 0.3) is 21.8 Å². The van der Waals surface area contributed by atoms with Crippen LogP contribution in [0.3, 0.4) is 0 Å². The third-order valence-electron chi connectivity index (χ3n) is 5.94. The fourth-order valence-corrected chi connectivity index (χ4v) is 4.29. The Kier molecular flexibility index (Phi) is 4.76. The van der Waals surface area contributed by atoms with Crippen molar-refractivity contribution < 1.29 is 4.74 Å². The number of fused-ring (bicyclic) bond motifs is 3. The second kappa shape index (κ2) is 7.72. The smallest absolute Gasteiger partial charge is 0.144 e. The number of aryl methyl sites for hydroxylation is 2. The quantitative estimate of drug-likeness (QED) is 0.313. The lowest BCUT2D eigenvalue weighted by Gasteiger charge is -2.15. The highest BCUT2D eigenvalue weighted by molar-refractivity contribution is 6.12. The molecule has 2 nitrogen and oxygen atoms in total. The van der Waals surface area contributed by atoms with Crippen molar-refractivity contribution >= 4 is 21.8 Å². The zero-order valence-electron chi connectivity index (χ0n) is 17.4. The maximum Gasteiger partial charge on any atom is 0.144 e. The van der Waals surface area contributed by atoms with E-state index >= 15 is 0 Å². The van der Waals surface area contributed by atoms with E-state index in [4.69, 9.17) is 4.74 Å². The Hall–Kier alpha value is -3.52. The molecule has 0 saturated carbocycles. The highest BCUT2D eigenvalue weighted by atomic mass is 16.5. The van der Waals surface area contributed by atoms with E-state index in [1.807, 2.05) is 6.07 Å². The lowest BCUT2D eigenvalue weighted by Crippen LogP contribution is -2.03. The Bertz CT molecular complexity index is 1320. The topological polar surface area (TPSA) is 14.2 Å². The summed E-state index contributed by atoms with van der Waals surface area (Å²) in [5, 5.41) is 2.58. The molecule has 0 radical (unpaired) electrons. The predicted octanol–water partition coefficient (Wildman–Crippen LogP) is 7.04. The summed E-state index contributed by atoms with van der Waals surface area (Å²) in [6, 6.07) is 31.9. The van der Waals surface area contributed by atoms with Gasteiger partial charge in [-0.3, -0.25) is 0 Å². The van der Waals surface area contributed by atoms with E-state index in [2.05, 4.69) is 103 Å². The first-order chi connectivity index (χ1) is 14.7. The number of hydrogen-bond acceptors (Lipinski definition) is 1. The van der Waals surface area contributed by atoms with Crippen molar-refractivity contribution in [3.05, 3.63) is 113 Å². The van der Waals surface area contributed by atoms with Gasteiger partial charge < -0.3 is 9.30 Å². The molecule has 0 fully saturated rings. The molecule has 0 unspecified atom stereocenters. The molecule has 5 rings (SSSR count). The van der Waals surface area contributed by atoms with Crippen molar-refractivity contribution in [3.8, 4) is 5.75 Å². The summed E-state index contributed by atoms with van der Waals surface area (Å²) in [6.07, 6.45) is 0. The summed E-state index contributed by atoms with van der Waals surface area (Å²) < 4.78 is 8.84. The van der Waals surface area contributed by atoms with Gasteiger partial charge in [-0.05, 0) is 48.2 Å². The first-order valence-corrected chi connectivity index (χ1v) is 10.4. The first kappa shape index (κ1) is 18.5. The van der Waals surface area contributed by atoms with E-state index in [1.54, 1.807) is 0 Å². The maximum absolute atomic E-state index is 6.43. The SMILES string of the molecule is Cc1cc(OCc2ccccc2)c2c(c1C)c1ccccc1n2Cc1ccccc1. The highest BCUT2D eigenvalue weighted by Crippen LogP contribution is 2.39. The zero-order chi connectivity index (χ0) is 20.5. The van der Waals surface area contributed by atoms with Gasteiger partial charge in [-0.25, -0.2) is 0 Å². The lowest BCUT2D eigenvalue weighted by molar-refractivity contribution is 0.308. The normalized spacial score (nSPS) is 11.3. The molecular weight excluding hydrogens is 366 g/mol. The lowest BCUT2D eigenvalue weighted by atomic mass is 10.0. The molecule has 4 aromatic carbocycles. The Morgan fingerprint density at radius 1 is 0.733 bits per heavy atom. The fraction of sp³-hybridized carbons (Fsp3) is 0.143. The Morgan fingerprint density at radius 2 is 1.37 bits per heavy atom. The molecule has 0 aliphatic carbocycles. The molecule has 0 amide bonds. The van der Waals surface area contributed by atoms with E-state index in [-0.39, 0.29) is 0 Å². The van der Waals surface area contributed by atoms with Crippen LogP contribution < -0.4 is 4.74 Å². The van der Waals surface area contributed by atoms with Gasteiger partial charge in [0.05, 0.1) is 5.52 Å². The summed E-state index contributed by atoms with van der Waals surface area (Å²) >= 11 is 0. The molecule has 2 heteroatoms. The largest absolute Gasteiger partial charge is 0.487 e. The Morgan fingerprint density at radius 3 is 2.10 bits per heavy atom. The number of aromatic nitrogens is 1. The number of nitrogens with zero attached hydrogens (tertiary/aromatic N) is 1. The van der Waals surface area contributed by atoms with Crippen LogP contribution in [-0.4, -0.2) is 4.57 Å². The molecule has 30 heavy (non-hydrogen) atoms. The minimum atomic E-state index is 0.561. The molecule has 0 N–H and O–H groups in total. The average Bonchev–Trinajstić information content (AvgIpc) is 3.11. The molecule has 0 bridgehead atoms. The molecule has 0 spiro atoms. The molecule has 0 aliphatic heterocycles. The number of rotatable bonds is 5. The van der Waals surface area contributed by atoms with Gasteiger partial charge in [-0.2, -0.15) is 0 Å². The van der Waals surface area contributed by atoms with E-state index < -0.39 is 0 Å². The average molecular weight is 392 g/mol. The first-order valence-electron chi connectivity index (χ1n) is 10.4. The van der Waals surface area contributed by atoms with Gasteiger partial charge in [0, 0.05) is 22.8 Å². The standard InChI is InChI=1S/C28H25NO/c1-20-17-26(30-19-23-13-7-4-8-14-23)28-27(21(20)2)24-15-9-10-16-25(24)29(28)18-22-11-5-3-6-12-22/h3-17H,18-19H2,1-2H3. The molecule has 0 saturated heterocycles. The van der Waals surface area contributed by atoms with Crippen molar-refractivity contribution in [2.45, 2.75) is 27.0 Å². The fourth-order valence-electron chi connectivity index (χ4n) is 4.29. The van der Waals surface area contributed by atoms with Crippen LogP contribution >= 0.6 is 0 Å². The van der Waals surface area contributed by atoms with Crippen molar-refractivity contribution in [3.63, 3.8) is 0 Å². The maximum atomic E-state index is 6.43. The third-order valence-corrected chi connectivity index (χ3v) is 5.94. The van der Waals surface area contributed by atoms with Crippen LogP contribution in [0.4, 0.5) is 0 Å². The molecule has 0 atom stereocenters. The minimum Gasteiger partial charge on any atom is -0.487 e. The van der Waals surface area contributed by atoms with Gasteiger partial charge in [0.1, 0.15) is 12.4 Å². The zero-order valence-corrected chi connectivity index (χ0v) is 17.4. The molecule has 1 aromatic heterocycles. The Balaban J connectivity index is 1.72. The van der Waals surface area contributed by atoms with Crippen molar-refractivity contribution in [1.82, 2.24) is 4.57 Å². The second-order valence-electron chi connectivity index (χ2n) is 7.90. The Labute approximate surface area is 177 Å². The van der Waals surface area contributed by atoms with Crippen molar-refractivity contribution in [2.75, 3.05) is 0 Å². The molecular formula is C28H25NO. The van der Waals surface area contributed by atoms with Gasteiger partial charge >= 0.3 is 0 Å². The van der Waals surface area contributed by atoms with Crippen LogP contribution in [0.5, 0.6) is 5.75 Å². The van der Waals surface area contributed by atoms with Crippen LogP contribution in [0, 0.1) is 13.8 Å². The predicted molar refractivity (Wildman–Crippen MR) is 125 cm³/mol. The third kappa shape index (κ3) is 3.25. The van der Waals surface area contributed by atoms with E-state index in [0.29, 0.717) is 6.61 Å². The van der Waals surface area contributed by atoms with Gasteiger partial charge in [0.2, 0.25) is 0 Å².